The molecule has 2 aromatic heterocycles. The summed E-state index contributed by atoms with van der Waals surface area (Å²) < 4.78 is 45.9. The molecular weight excluding hydrogens is 540 g/mol. The molecule has 12 nitrogen and oxygen atoms in total. The summed E-state index contributed by atoms with van der Waals surface area (Å²) in [6.45, 7) is 0. The largest absolute Gasteiger partial charge is 0.502 e. The Hall–Kier alpha value is -5.36. The van der Waals surface area contributed by atoms with E-state index in [1.54, 1.807) is 30.3 Å². The topological polar surface area (TPSA) is 156 Å². The molecule has 5 aromatic rings. The van der Waals surface area contributed by atoms with Gasteiger partial charge in [0, 0.05) is 28.5 Å². The lowest BCUT2D eigenvalue weighted by Crippen LogP contribution is -2.59. The van der Waals surface area contributed by atoms with Crippen LogP contribution in [0.3, 0.4) is 0 Å². The summed E-state index contributed by atoms with van der Waals surface area (Å²) in [5, 5.41) is 23.8. The van der Waals surface area contributed by atoms with Gasteiger partial charge in [-0.3, -0.25) is 0 Å². The van der Waals surface area contributed by atoms with Gasteiger partial charge in [0.15, 0.2) is 40.3 Å². The van der Waals surface area contributed by atoms with Crippen molar-refractivity contribution < 1.29 is 47.5 Å². The molecule has 0 radical (unpaired) electrons. The minimum Gasteiger partial charge on any atom is -0.502 e. The number of rotatable bonds is 4. The lowest BCUT2D eigenvalue weighted by Gasteiger charge is -2.42. The average molecular weight is 560 g/mol. The zero-order valence-electron chi connectivity index (χ0n) is 21.4. The highest BCUT2D eigenvalue weighted by atomic mass is 16.8. The van der Waals surface area contributed by atoms with Gasteiger partial charge in [-0.1, -0.05) is 0 Å². The highest BCUT2D eigenvalue weighted by Gasteiger charge is 2.59. The summed E-state index contributed by atoms with van der Waals surface area (Å²) >= 11 is 0. The van der Waals surface area contributed by atoms with Gasteiger partial charge in [0.05, 0.1) is 14.2 Å². The number of phenolic OH excluding ortho intramolecular Hbond substituents is 1. The fourth-order valence-electron chi connectivity index (χ4n) is 4.96. The molecule has 0 unspecified atom stereocenters. The number of methoxy groups -OCH3 is 2. The van der Waals surface area contributed by atoms with E-state index in [1.807, 2.05) is 0 Å². The van der Waals surface area contributed by atoms with E-state index < -0.39 is 29.4 Å². The minimum atomic E-state index is -2.41. The van der Waals surface area contributed by atoms with E-state index in [0.29, 0.717) is 10.8 Å². The van der Waals surface area contributed by atoms with Crippen molar-refractivity contribution >= 4 is 21.9 Å². The number of aliphatic hydroxyl groups is 1. The van der Waals surface area contributed by atoms with Gasteiger partial charge in [-0.15, -0.1) is 0 Å². The van der Waals surface area contributed by atoms with Crippen LogP contribution >= 0.6 is 0 Å². The monoisotopic (exact) mass is 560 g/mol. The maximum Gasteiger partial charge on any atom is 0.336 e. The van der Waals surface area contributed by atoms with E-state index in [-0.39, 0.29) is 57.0 Å². The van der Waals surface area contributed by atoms with Crippen LogP contribution in [-0.2, 0) is 0 Å². The molecule has 0 fully saturated rings. The van der Waals surface area contributed by atoms with Crippen LogP contribution < -0.4 is 39.7 Å². The van der Waals surface area contributed by atoms with E-state index in [9.17, 15) is 19.8 Å². The van der Waals surface area contributed by atoms with E-state index >= 15 is 0 Å². The fourth-order valence-corrected chi connectivity index (χ4v) is 4.96. The van der Waals surface area contributed by atoms with Gasteiger partial charge in [-0.05, 0) is 48.5 Å². The first-order chi connectivity index (χ1) is 19.8. The first-order valence-corrected chi connectivity index (χ1v) is 12.3. The highest BCUT2D eigenvalue weighted by Crippen LogP contribution is 2.53. The molecule has 2 N–H and O–H groups in total. The molecule has 0 saturated carbocycles. The summed E-state index contributed by atoms with van der Waals surface area (Å²) in [4.78, 5) is 24.0. The smallest absolute Gasteiger partial charge is 0.336 e. The second-order valence-corrected chi connectivity index (χ2v) is 9.32. The molecular formula is C29H20O12. The molecule has 208 valence electrons. The number of benzene rings is 3. The molecule has 0 spiro atoms. The van der Waals surface area contributed by atoms with Crippen molar-refractivity contribution in [1.29, 1.82) is 0 Å². The number of hydrogen-bond donors (Lipinski definition) is 2. The number of phenols is 1. The van der Waals surface area contributed by atoms with Crippen molar-refractivity contribution in [2.45, 2.75) is 18.2 Å². The van der Waals surface area contributed by atoms with Crippen LogP contribution in [0.1, 0.15) is 11.7 Å². The molecule has 4 heterocycles. The number of hydrogen-bond acceptors (Lipinski definition) is 12. The average Bonchev–Trinajstić information content (AvgIpc) is 3.43. The Morgan fingerprint density at radius 2 is 1.27 bits per heavy atom. The number of aromatic hydroxyl groups is 1. The van der Waals surface area contributed by atoms with E-state index in [2.05, 4.69) is 0 Å². The predicted molar refractivity (Wildman–Crippen MR) is 140 cm³/mol. The Labute approximate surface area is 229 Å². The summed E-state index contributed by atoms with van der Waals surface area (Å²) in [6.07, 6.45) is -3.00. The van der Waals surface area contributed by atoms with Crippen molar-refractivity contribution in [3.8, 4) is 40.2 Å². The van der Waals surface area contributed by atoms with Crippen LogP contribution in [0.4, 0.5) is 0 Å². The molecule has 2 aliphatic heterocycles. The third kappa shape index (κ3) is 3.72. The first-order valence-electron chi connectivity index (χ1n) is 12.3. The molecule has 0 bridgehead atoms. The second-order valence-electron chi connectivity index (χ2n) is 9.32. The highest BCUT2D eigenvalue weighted by molar-refractivity contribution is 5.86. The fraction of sp³-hybridized carbons (Fsp3) is 0.172. The molecule has 3 atom stereocenters. The van der Waals surface area contributed by atoms with Gasteiger partial charge < -0.3 is 47.5 Å². The van der Waals surface area contributed by atoms with Crippen LogP contribution in [0.2, 0.25) is 0 Å². The Kier molecular flexibility index (Phi) is 5.31. The molecule has 2 aliphatic rings. The van der Waals surface area contributed by atoms with Gasteiger partial charge in [0.2, 0.25) is 17.2 Å². The van der Waals surface area contributed by atoms with Crippen molar-refractivity contribution in [3.05, 3.63) is 87.1 Å². The standard InChI is InChI=1S/C29H20O12/c1-34-18-11-15(12-19(35-2)22(18)32)27-29(33,41-17-8-4-14-6-10-21(31)38-24(14)26(17)39-27)28-36-16-7-3-13-5-9-20(30)37-23(13)25(16)40-28/h3-12,27-28,32-33H,1-2H3/t27-,28+,29-/m0/s1. The second kappa shape index (κ2) is 8.83. The lowest BCUT2D eigenvalue weighted by atomic mass is 9.97. The lowest BCUT2D eigenvalue weighted by molar-refractivity contribution is -0.293. The van der Waals surface area contributed by atoms with E-state index in [4.69, 9.17) is 37.3 Å². The van der Waals surface area contributed by atoms with Crippen molar-refractivity contribution in [1.82, 2.24) is 0 Å². The molecule has 41 heavy (non-hydrogen) atoms. The van der Waals surface area contributed by atoms with Crippen LogP contribution in [0.25, 0.3) is 21.9 Å². The van der Waals surface area contributed by atoms with Crippen LogP contribution in [0.15, 0.2) is 79.1 Å². The van der Waals surface area contributed by atoms with Crippen LogP contribution in [-0.4, -0.2) is 36.5 Å². The molecule has 0 aliphatic carbocycles. The molecule has 3 aromatic carbocycles. The minimum absolute atomic E-state index is 0.0184. The Morgan fingerprint density at radius 3 is 1.85 bits per heavy atom. The van der Waals surface area contributed by atoms with E-state index in [1.165, 1.54) is 44.6 Å². The predicted octanol–water partition coefficient (Wildman–Crippen LogP) is 3.62. The Morgan fingerprint density at radius 1 is 0.732 bits per heavy atom. The third-order valence-corrected chi connectivity index (χ3v) is 6.90. The molecule has 0 saturated heterocycles. The van der Waals surface area contributed by atoms with Gasteiger partial charge in [-0.25, -0.2) is 9.59 Å². The Balaban J connectivity index is 1.41. The molecule has 0 amide bonds. The number of ether oxygens (including phenoxy) is 6. The SMILES string of the molecule is COc1cc([C@@H]2Oc3c(ccc4ccc(=O)oc34)O[C@]2(O)[C@@H]2Oc3ccc4ccc(=O)oc4c3O2)cc(OC)c1O. The normalized spacial score (nSPS) is 20.8. The summed E-state index contributed by atoms with van der Waals surface area (Å²) in [5.41, 5.74) is -0.789. The van der Waals surface area contributed by atoms with Gasteiger partial charge in [0.1, 0.15) is 0 Å². The molecule has 7 rings (SSSR count). The van der Waals surface area contributed by atoms with E-state index in [0.717, 1.165) is 0 Å². The summed E-state index contributed by atoms with van der Waals surface area (Å²) in [7, 11) is 2.69. The van der Waals surface area contributed by atoms with Crippen LogP contribution in [0.5, 0.6) is 40.2 Å². The van der Waals surface area contributed by atoms with Gasteiger partial charge in [0.25, 0.3) is 0 Å². The quantitative estimate of drug-likeness (QED) is 0.308. The van der Waals surface area contributed by atoms with Gasteiger partial charge in [-0.2, -0.15) is 0 Å². The maximum atomic E-state index is 12.2. The first kappa shape index (κ1) is 24.7. The van der Waals surface area contributed by atoms with Crippen molar-refractivity contribution in [2.24, 2.45) is 0 Å². The van der Waals surface area contributed by atoms with Crippen LogP contribution in [0, 0.1) is 0 Å². The Bertz CT molecular complexity index is 1950. The third-order valence-electron chi connectivity index (χ3n) is 6.90. The van der Waals surface area contributed by atoms with Crippen molar-refractivity contribution in [3.63, 3.8) is 0 Å². The molecule has 12 heteroatoms. The van der Waals surface area contributed by atoms with Gasteiger partial charge >= 0.3 is 23.3 Å². The number of fused-ring (bicyclic) bond motifs is 6. The van der Waals surface area contributed by atoms with Crippen molar-refractivity contribution in [2.75, 3.05) is 14.2 Å². The summed E-state index contributed by atoms with van der Waals surface area (Å²) in [5.74, 6) is -2.33. The maximum absolute atomic E-state index is 12.2. The zero-order chi connectivity index (χ0) is 28.5. The zero-order valence-corrected chi connectivity index (χ0v) is 21.4. The summed E-state index contributed by atoms with van der Waals surface area (Å²) in [6, 6.07) is 14.9.